The lowest BCUT2D eigenvalue weighted by Crippen LogP contribution is -2.16. The summed E-state index contributed by atoms with van der Waals surface area (Å²) in [5.74, 6) is -1.45. The minimum atomic E-state index is -1.08. The van der Waals surface area contributed by atoms with E-state index in [2.05, 4.69) is 65.5 Å². The normalized spacial score (nSPS) is 12.6. The predicted molar refractivity (Wildman–Crippen MR) is 159 cm³/mol. The Morgan fingerprint density at radius 2 is 1.72 bits per heavy atom. The fourth-order valence-corrected chi connectivity index (χ4v) is 5.08. The van der Waals surface area contributed by atoms with Gasteiger partial charge >= 0.3 is 11.9 Å². The molecule has 2 aromatic carbocycles. The first-order chi connectivity index (χ1) is 18.7. The van der Waals surface area contributed by atoms with Crippen molar-refractivity contribution in [3.05, 3.63) is 63.5 Å². The number of nitrogens with zero attached hydrogens (tertiary/aromatic N) is 1. The Morgan fingerprint density at radius 3 is 2.38 bits per heavy atom. The fraction of sp³-hybridized carbons (Fsp3) is 0.414. The van der Waals surface area contributed by atoms with Crippen LogP contribution < -0.4 is 16.0 Å². The molecule has 1 aromatic heterocycles. The van der Waals surface area contributed by atoms with Gasteiger partial charge in [-0.05, 0) is 61.0 Å². The molecule has 0 unspecified atom stereocenters. The Balaban J connectivity index is 0.000000459. The van der Waals surface area contributed by atoms with Gasteiger partial charge in [0.1, 0.15) is 0 Å². The zero-order chi connectivity index (χ0) is 28.2. The van der Waals surface area contributed by atoms with Crippen LogP contribution in [0.1, 0.15) is 49.8 Å². The van der Waals surface area contributed by atoms with E-state index < -0.39 is 11.9 Å². The molecule has 0 amide bonds. The highest BCUT2D eigenvalue weighted by atomic mass is 35.5. The smallest absolute Gasteiger partial charge is 0.303 e. The Labute approximate surface area is 238 Å². The summed E-state index contributed by atoms with van der Waals surface area (Å²) >= 11 is 8.22. The number of anilines is 2. The number of benzene rings is 2. The van der Waals surface area contributed by atoms with Gasteiger partial charge in [-0.2, -0.15) is 0 Å². The predicted octanol–water partition coefficient (Wildman–Crippen LogP) is 6.16. The average molecular weight is 573 g/mol. The molecule has 0 spiro atoms. The van der Waals surface area contributed by atoms with Gasteiger partial charge in [-0.1, -0.05) is 55.8 Å². The first kappa shape index (κ1) is 30.4. The number of aliphatic carboxylic acids is 2. The number of halogens is 1. The number of carbonyl (C=O) groups is 2. The summed E-state index contributed by atoms with van der Waals surface area (Å²) in [4.78, 5) is 24.0. The third kappa shape index (κ3) is 10.2. The summed E-state index contributed by atoms with van der Waals surface area (Å²) in [7, 11) is 0. The summed E-state index contributed by atoms with van der Waals surface area (Å²) in [5, 5.41) is 30.2. The maximum Gasteiger partial charge on any atom is 0.303 e. The molecule has 0 bridgehead atoms. The van der Waals surface area contributed by atoms with Crippen molar-refractivity contribution in [2.45, 2.75) is 52.5 Å². The minimum Gasteiger partial charge on any atom is -0.481 e. The van der Waals surface area contributed by atoms with Crippen LogP contribution in [0.15, 0.2) is 41.8 Å². The van der Waals surface area contributed by atoms with E-state index in [0.29, 0.717) is 5.92 Å². The summed E-state index contributed by atoms with van der Waals surface area (Å²) in [6.07, 6.45) is 2.62. The van der Waals surface area contributed by atoms with Crippen LogP contribution in [0, 0.1) is 5.92 Å². The second-order valence-corrected chi connectivity index (χ2v) is 11.1. The molecule has 8 nitrogen and oxygen atoms in total. The Kier molecular flexibility index (Phi) is 12.0. The summed E-state index contributed by atoms with van der Waals surface area (Å²) in [6.45, 7) is 8.23. The minimum absolute atomic E-state index is 0.296. The Morgan fingerprint density at radius 1 is 1.03 bits per heavy atom. The second-order valence-electron chi connectivity index (χ2n) is 9.80. The number of carboxylic acid groups (broad SMARTS) is 2. The topological polar surface area (TPSA) is 124 Å². The van der Waals surface area contributed by atoms with Crippen molar-refractivity contribution >= 4 is 45.7 Å². The highest BCUT2D eigenvalue weighted by molar-refractivity contribution is 7.14. The van der Waals surface area contributed by atoms with E-state index in [1.54, 1.807) is 11.3 Å². The molecule has 0 atom stereocenters. The van der Waals surface area contributed by atoms with Gasteiger partial charge in [0.15, 0.2) is 5.13 Å². The van der Waals surface area contributed by atoms with Crippen molar-refractivity contribution in [1.29, 1.82) is 0 Å². The molecule has 0 fully saturated rings. The maximum absolute atomic E-state index is 9.64. The number of thiazole rings is 1. The molecule has 0 aliphatic carbocycles. The van der Waals surface area contributed by atoms with E-state index in [9.17, 15) is 9.59 Å². The third-order valence-electron chi connectivity index (χ3n) is 6.26. The van der Waals surface area contributed by atoms with Crippen LogP contribution in [-0.2, 0) is 29.0 Å². The lowest BCUT2D eigenvalue weighted by atomic mass is 10.0. The molecule has 2 heterocycles. The molecule has 0 saturated carbocycles. The van der Waals surface area contributed by atoms with Crippen molar-refractivity contribution in [2.24, 2.45) is 5.92 Å². The number of fused-ring (bicyclic) bond motifs is 1. The van der Waals surface area contributed by atoms with Crippen molar-refractivity contribution < 1.29 is 19.8 Å². The number of aromatic nitrogens is 1. The fourth-order valence-electron chi connectivity index (χ4n) is 4.09. The van der Waals surface area contributed by atoms with E-state index in [1.165, 1.54) is 16.7 Å². The summed E-state index contributed by atoms with van der Waals surface area (Å²) < 4.78 is 0. The molecule has 0 radical (unpaired) electrons. The monoisotopic (exact) mass is 572 g/mol. The van der Waals surface area contributed by atoms with E-state index in [0.717, 1.165) is 72.5 Å². The lowest BCUT2D eigenvalue weighted by Gasteiger charge is -2.16. The quantitative estimate of drug-likeness (QED) is 0.185. The van der Waals surface area contributed by atoms with Gasteiger partial charge in [-0.25, -0.2) is 4.98 Å². The molecule has 39 heavy (non-hydrogen) atoms. The summed E-state index contributed by atoms with van der Waals surface area (Å²) in [6, 6.07) is 12.8. The van der Waals surface area contributed by atoms with Gasteiger partial charge < -0.3 is 26.2 Å². The first-order valence-corrected chi connectivity index (χ1v) is 14.5. The lowest BCUT2D eigenvalue weighted by molar-refractivity contribution is -0.143. The van der Waals surface area contributed by atoms with Gasteiger partial charge in [0, 0.05) is 24.0 Å². The summed E-state index contributed by atoms with van der Waals surface area (Å²) in [5.41, 5.74) is 7.25. The molecule has 1 aliphatic heterocycles. The van der Waals surface area contributed by atoms with Crippen LogP contribution in [0.5, 0.6) is 0 Å². The van der Waals surface area contributed by atoms with E-state index >= 15 is 0 Å². The zero-order valence-electron chi connectivity index (χ0n) is 22.4. The zero-order valence-corrected chi connectivity index (χ0v) is 24.0. The maximum atomic E-state index is 9.64. The van der Waals surface area contributed by atoms with Gasteiger partial charge in [-0.3, -0.25) is 9.59 Å². The molecule has 1 aliphatic rings. The van der Waals surface area contributed by atoms with Gasteiger partial charge in [0.2, 0.25) is 0 Å². The number of nitrogens with one attached hydrogen (secondary N) is 3. The molecule has 0 saturated heterocycles. The molecule has 4 rings (SSSR count). The van der Waals surface area contributed by atoms with Crippen LogP contribution in [-0.4, -0.2) is 46.8 Å². The molecule has 10 heteroatoms. The van der Waals surface area contributed by atoms with Crippen LogP contribution >= 0.6 is 22.9 Å². The molecular weight excluding hydrogens is 536 g/mol. The van der Waals surface area contributed by atoms with Crippen molar-refractivity contribution in [3.63, 3.8) is 0 Å². The van der Waals surface area contributed by atoms with Crippen molar-refractivity contribution in [3.8, 4) is 11.3 Å². The third-order valence-corrected chi connectivity index (χ3v) is 7.37. The molecule has 210 valence electrons. The number of hydrogen-bond acceptors (Lipinski definition) is 7. The van der Waals surface area contributed by atoms with Gasteiger partial charge in [0.25, 0.3) is 0 Å². The van der Waals surface area contributed by atoms with Crippen LogP contribution in [0.25, 0.3) is 11.3 Å². The first-order valence-electron chi connectivity index (χ1n) is 13.2. The molecule has 5 N–H and O–H groups in total. The average Bonchev–Trinajstić information content (AvgIpc) is 3.24. The number of rotatable bonds is 11. The molecule has 3 aromatic rings. The van der Waals surface area contributed by atoms with E-state index in [1.807, 2.05) is 6.07 Å². The standard InChI is InChI=1S/C25H31ClN4S.C4H6O4/c1-17(2)9-14-28-25-30-23(16-31-25)20-5-3-18(4-6-20)15-29-24-21-11-13-27-12-10-19(21)7-8-22(24)26;5-3(6)1-2-4(7)8/h3-8,16-17,27,29H,9-15H2,1-2H3,(H,28,30);1-2H2,(H,5,6)(H,7,8). The van der Waals surface area contributed by atoms with Crippen LogP contribution in [0.2, 0.25) is 5.02 Å². The van der Waals surface area contributed by atoms with Crippen LogP contribution in [0.4, 0.5) is 10.8 Å². The van der Waals surface area contributed by atoms with Crippen molar-refractivity contribution in [2.75, 3.05) is 30.3 Å². The number of carboxylic acids is 2. The Hall–Kier alpha value is -3.14. The highest BCUT2D eigenvalue weighted by Crippen LogP contribution is 2.31. The number of hydrogen-bond donors (Lipinski definition) is 5. The SMILES string of the molecule is CC(C)CCNc1nc(-c2ccc(CNc3c(Cl)ccc4c3CCNCC4)cc2)cs1.O=C(O)CCC(=O)O. The highest BCUT2D eigenvalue weighted by Gasteiger charge is 2.15. The van der Waals surface area contributed by atoms with Crippen molar-refractivity contribution in [1.82, 2.24) is 10.3 Å². The van der Waals surface area contributed by atoms with Crippen LogP contribution in [0.3, 0.4) is 0 Å². The second kappa shape index (κ2) is 15.5. The van der Waals surface area contributed by atoms with E-state index in [-0.39, 0.29) is 12.8 Å². The molecular formula is C29H37ClN4O4S. The van der Waals surface area contributed by atoms with Gasteiger partial charge in [-0.15, -0.1) is 11.3 Å². The largest absolute Gasteiger partial charge is 0.481 e. The van der Waals surface area contributed by atoms with Gasteiger partial charge in [0.05, 0.1) is 29.2 Å². The Bertz CT molecular complexity index is 1220. The van der Waals surface area contributed by atoms with E-state index in [4.69, 9.17) is 26.8 Å².